The molecule has 0 atom stereocenters. The second-order valence-electron chi connectivity index (χ2n) is 7.78. The minimum atomic E-state index is -0.778. The van der Waals surface area contributed by atoms with Crippen LogP contribution in [0.15, 0.2) is 83.8 Å². The Labute approximate surface area is 192 Å². The molecule has 1 aliphatic rings. The Morgan fingerprint density at radius 3 is 2.58 bits per heavy atom. The number of benzene rings is 2. The molecule has 2 aromatic carbocycles. The lowest BCUT2D eigenvalue weighted by Crippen LogP contribution is -2.47. The van der Waals surface area contributed by atoms with Crippen molar-refractivity contribution in [3.63, 3.8) is 0 Å². The van der Waals surface area contributed by atoms with E-state index in [1.54, 1.807) is 0 Å². The van der Waals surface area contributed by atoms with Crippen LogP contribution in [0.4, 0.5) is 0 Å². The van der Waals surface area contributed by atoms with Crippen molar-refractivity contribution in [1.82, 2.24) is 9.58 Å². The Kier molecular flexibility index (Phi) is 7.09. The van der Waals surface area contributed by atoms with Crippen LogP contribution in [-0.2, 0) is 6.42 Å². The van der Waals surface area contributed by atoms with Crippen LogP contribution in [0.3, 0.4) is 0 Å². The monoisotopic (exact) mass is 444 g/mol. The molecule has 7 heteroatoms. The molecule has 170 valence electrons. The van der Waals surface area contributed by atoms with Crippen molar-refractivity contribution < 1.29 is 14.6 Å². The first-order valence-corrected chi connectivity index (χ1v) is 11.0. The third-order valence-electron chi connectivity index (χ3n) is 5.46. The highest BCUT2D eigenvalue weighted by Crippen LogP contribution is 2.21. The summed E-state index contributed by atoms with van der Waals surface area (Å²) in [4.78, 5) is 25.7. The van der Waals surface area contributed by atoms with Gasteiger partial charge in [0.25, 0.3) is 5.91 Å². The summed E-state index contributed by atoms with van der Waals surface area (Å²) in [5.41, 5.74) is 4.53. The minimum Gasteiger partial charge on any atom is -0.868 e. The predicted octanol–water partition coefficient (Wildman–Crippen LogP) is 2.88. The topological polar surface area (TPSA) is 86.6 Å². The van der Waals surface area contributed by atoms with Gasteiger partial charge in [0.15, 0.2) is 5.43 Å². The van der Waals surface area contributed by atoms with E-state index in [0.29, 0.717) is 19.6 Å². The van der Waals surface area contributed by atoms with Crippen LogP contribution in [0.5, 0.6) is 11.5 Å². The number of para-hydroxylation sites is 1. The number of nitrogens with zero attached hydrogens (tertiary/aromatic N) is 2. The maximum Gasteiger partial charge on any atom is 0.273 e. The van der Waals surface area contributed by atoms with Crippen molar-refractivity contribution >= 4 is 5.91 Å². The average molecular weight is 445 g/mol. The molecule has 0 saturated carbocycles. The van der Waals surface area contributed by atoms with Gasteiger partial charge in [-0.3, -0.25) is 14.3 Å². The first-order valence-electron chi connectivity index (χ1n) is 11.0. The van der Waals surface area contributed by atoms with Gasteiger partial charge in [-0.1, -0.05) is 60.7 Å². The molecule has 0 spiro atoms. The Bertz CT molecular complexity index is 1190. The third kappa shape index (κ3) is 5.44. The van der Waals surface area contributed by atoms with Crippen LogP contribution in [-0.4, -0.2) is 35.3 Å². The van der Waals surface area contributed by atoms with Crippen LogP contribution in [0.2, 0.25) is 0 Å². The standard InChI is InChI=1S/C26H27N3O4/c30-22-14-16-29-24(25(22)31)26(32)28(19-27-29)15-8-1-2-9-17-33-23-13-7-6-12-21(23)18-20-10-4-3-5-11-20/h1-7,10-14,16,27,31H,8-9,15,17-19H2/p-1/b2-1-. The molecular weight excluding hydrogens is 418 g/mol. The highest BCUT2D eigenvalue weighted by atomic mass is 16.5. The normalized spacial score (nSPS) is 13.1. The number of carbonyl (C=O) groups is 1. The fraction of sp³-hybridized carbons (Fsp3) is 0.231. The largest absolute Gasteiger partial charge is 0.868 e. The molecule has 4 rings (SSSR count). The van der Waals surface area contributed by atoms with Gasteiger partial charge in [0.2, 0.25) is 0 Å². The van der Waals surface area contributed by atoms with E-state index in [9.17, 15) is 14.7 Å². The number of nitrogens with one attached hydrogen (secondary N) is 1. The van der Waals surface area contributed by atoms with Crippen molar-refractivity contribution in [2.24, 2.45) is 0 Å². The summed E-state index contributed by atoms with van der Waals surface area (Å²) in [6, 6.07) is 19.5. The Morgan fingerprint density at radius 1 is 0.970 bits per heavy atom. The highest BCUT2D eigenvalue weighted by Gasteiger charge is 2.24. The third-order valence-corrected chi connectivity index (χ3v) is 5.46. The second-order valence-corrected chi connectivity index (χ2v) is 7.78. The van der Waals surface area contributed by atoms with Crippen molar-refractivity contribution in [3.05, 3.63) is 106 Å². The van der Waals surface area contributed by atoms with E-state index in [-0.39, 0.29) is 12.4 Å². The zero-order valence-corrected chi connectivity index (χ0v) is 18.3. The summed E-state index contributed by atoms with van der Waals surface area (Å²) in [6.07, 6.45) is 7.64. The molecule has 33 heavy (non-hydrogen) atoms. The molecule has 1 aliphatic heterocycles. The molecule has 0 aliphatic carbocycles. The number of pyridine rings is 1. The van der Waals surface area contributed by atoms with Crippen LogP contribution < -0.4 is 20.7 Å². The summed E-state index contributed by atoms with van der Waals surface area (Å²) in [6.45, 7) is 1.29. The van der Waals surface area contributed by atoms with Gasteiger partial charge in [-0.25, -0.2) is 0 Å². The molecule has 0 unspecified atom stereocenters. The lowest BCUT2D eigenvalue weighted by molar-refractivity contribution is -0.271. The maximum absolute atomic E-state index is 12.6. The van der Waals surface area contributed by atoms with Crippen LogP contribution in [0.1, 0.15) is 34.5 Å². The van der Waals surface area contributed by atoms with E-state index < -0.39 is 17.1 Å². The maximum atomic E-state index is 12.6. The van der Waals surface area contributed by atoms with Gasteiger partial charge in [0.1, 0.15) is 18.1 Å². The SMILES string of the molecule is O=C1c2c([O-])c(=O)ccn2NCN1CC/C=C\CCOc1ccccc1Cc1ccccc1. The van der Waals surface area contributed by atoms with Crippen molar-refractivity contribution in [2.45, 2.75) is 19.3 Å². The molecular formula is C26H26N3O4-. The molecule has 0 radical (unpaired) electrons. The van der Waals surface area contributed by atoms with Crippen LogP contribution >= 0.6 is 0 Å². The summed E-state index contributed by atoms with van der Waals surface area (Å²) >= 11 is 0. The number of carbonyl (C=O) groups excluding carboxylic acids is 1. The van der Waals surface area contributed by atoms with E-state index in [4.69, 9.17) is 4.74 Å². The Hall–Kier alpha value is -4.00. The second kappa shape index (κ2) is 10.5. The molecule has 0 fully saturated rings. The van der Waals surface area contributed by atoms with Gasteiger partial charge in [-0.15, -0.1) is 0 Å². The fourth-order valence-electron chi connectivity index (χ4n) is 3.72. The Morgan fingerprint density at radius 2 is 1.73 bits per heavy atom. The van der Waals surface area contributed by atoms with E-state index in [0.717, 1.165) is 30.2 Å². The van der Waals surface area contributed by atoms with E-state index in [2.05, 4.69) is 23.6 Å². The first kappa shape index (κ1) is 22.2. The number of rotatable bonds is 9. The number of amides is 1. The first-order chi connectivity index (χ1) is 16.1. The molecule has 1 N–H and O–H groups in total. The van der Waals surface area contributed by atoms with Crippen molar-refractivity contribution in [1.29, 1.82) is 0 Å². The van der Waals surface area contributed by atoms with E-state index in [1.807, 2.05) is 48.6 Å². The number of ether oxygens (including phenoxy) is 1. The summed E-state index contributed by atoms with van der Waals surface area (Å²) in [5, 5.41) is 12.0. The van der Waals surface area contributed by atoms with Crippen molar-refractivity contribution in [3.8, 4) is 11.5 Å². The summed E-state index contributed by atoms with van der Waals surface area (Å²) in [7, 11) is 0. The quantitative estimate of drug-likeness (QED) is 0.405. The molecule has 2 heterocycles. The highest BCUT2D eigenvalue weighted by molar-refractivity contribution is 5.95. The smallest absolute Gasteiger partial charge is 0.273 e. The van der Waals surface area contributed by atoms with Crippen molar-refractivity contribution in [2.75, 3.05) is 25.2 Å². The molecule has 3 aromatic rings. The Balaban J connectivity index is 1.23. The van der Waals surface area contributed by atoms with Gasteiger partial charge < -0.3 is 20.2 Å². The van der Waals surface area contributed by atoms with E-state index in [1.165, 1.54) is 21.3 Å². The van der Waals surface area contributed by atoms with Gasteiger partial charge in [0, 0.05) is 25.2 Å². The number of hydrogen-bond acceptors (Lipinski definition) is 5. The molecule has 1 amide bonds. The van der Waals surface area contributed by atoms with Gasteiger partial charge in [-0.2, -0.15) is 0 Å². The number of aromatic nitrogens is 1. The van der Waals surface area contributed by atoms with Crippen LogP contribution in [0.25, 0.3) is 0 Å². The summed E-state index contributed by atoms with van der Waals surface area (Å²) in [5.74, 6) is -0.315. The fourth-order valence-corrected chi connectivity index (χ4v) is 3.72. The van der Waals surface area contributed by atoms with Gasteiger partial charge in [-0.05, 0) is 35.8 Å². The zero-order valence-electron chi connectivity index (χ0n) is 18.3. The average Bonchev–Trinajstić information content (AvgIpc) is 2.83. The number of fused-ring (bicyclic) bond motifs is 1. The molecule has 7 nitrogen and oxygen atoms in total. The van der Waals surface area contributed by atoms with E-state index >= 15 is 0 Å². The summed E-state index contributed by atoms with van der Waals surface area (Å²) < 4.78 is 7.32. The molecule has 1 aromatic heterocycles. The van der Waals surface area contributed by atoms with Gasteiger partial charge in [0.05, 0.1) is 6.61 Å². The van der Waals surface area contributed by atoms with Crippen LogP contribution in [0, 0.1) is 0 Å². The lowest BCUT2D eigenvalue weighted by atomic mass is 10.0. The predicted molar refractivity (Wildman–Crippen MR) is 125 cm³/mol. The zero-order chi connectivity index (χ0) is 23.0. The molecule has 0 bridgehead atoms. The molecule has 0 saturated heterocycles. The lowest BCUT2D eigenvalue weighted by Gasteiger charge is -2.32. The van der Waals surface area contributed by atoms with Gasteiger partial charge >= 0.3 is 0 Å². The minimum absolute atomic E-state index is 0.139. The number of hydrogen-bond donors (Lipinski definition) is 1.